The van der Waals surface area contributed by atoms with Crippen molar-refractivity contribution in [3.05, 3.63) is 47.6 Å². The zero-order chi connectivity index (χ0) is 65.3. The molecule has 22 nitrogen and oxygen atoms in total. The molecular weight excluding hydrogens is 1150 g/mol. The fraction of sp³-hybridized carbons (Fsp3) is 0.806. The van der Waals surface area contributed by atoms with E-state index in [4.69, 9.17) is 56.8 Å². The number of methoxy groups -OCH3 is 3. The maximum Gasteiger partial charge on any atom is 0.407 e. The third kappa shape index (κ3) is 26.5. The second-order valence-corrected chi connectivity index (χ2v) is 24.8. The van der Waals surface area contributed by atoms with Crippen LogP contribution in [0.4, 0.5) is 4.79 Å². The predicted octanol–water partition coefficient (Wildman–Crippen LogP) is 7.22. The molecule has 0 aromatic heterocycles. The van der Waals surface area contributed by atoms with Gasteiger partial charge in [0, 0.05) is 71.6 Å². The number of hydrogen-bond donors (Lipinski definition) is 4. The fourth-order valence-corrected chi connectivity index (χ4v) is 12.1. The van der Waals surface area contributed by atoms with Crippen LogP contribution in [0.5, 0.6) is 0 Å². The Kier molecular flexibility index (Phi) is 36.8. The zero-order valence-electron chi connectivity index (χ0n) is 55.4. The summed E-state index contributed by atoms with van der Waals surface area (Å²) in [6, 6.07) is -1.17. The van der Waals surface area contributed by atoms with E-state index in [1.165, 1.54) is 12.0 Å². The van der Waals surface area contributed by atoms with E-state index < -0.39 is 102 Å². The molecule has 4 rings (SSSR count). The summed E-state index contributed by atoms with van der Waals surface area (Å²) in [5.41, 5.74) is 1.29. The Morgan fingerprint density at radius 1 is 0.719 bits per heavy atom. The quantitative estimate of drug-likeness (QED) is 0.0274. The van der Waals surface area contributed by atoms with E-state index in [2.05, 4.69) is 12.2 Å². The zero-order valence-corrected chi connectivity index (χ0v) is 55.4. The molecule has 1 aliphatic carbocycles. The number of fused-ring (bicyclic) bond motifs is 3. The SMILES string of the molecule is CCCOCCOCCOCCOCCOCCOCCNC(=O)O[C@@H]1CC[C@@H](C[C@@H](C)[C@@H]2C[C@@H](O)[C@H](C)/C=C(\C)[C@@H](O)[C@@H](OC)C(=O)[C@H](C)C[C@H](C)/C=C/C=C/C=C(\C)[C@@H](OC)C[C@@H]3CC[C@@H](C)[C@@](O)(O3)C(=O)C(=O)N3CCCC[C@H]3C(=O)O2)C[C@H]1OC. The standard InChI is InChI=1S/C67H112N2O20/c1-12-27-81-29-31-83-33-35-85-37-38-86-36-34-84-32-30-82-28-25-68-66(76)88-56-24-22-52(42-59(56)79-10)41-48(5)58-44-55(70)47(4)40-50(7)61(72)62(80-11)60(71)49(6)39-45(2)18-14-13-15-19-46(3)57(78-9)43-53-23-21-51(8)67(77,89-53)63(73)64(74)69-26-17-16-20-54(69)65(75)87-58/h13-15,18-19,40,45,47-49,51-59,61-62,70,72,77H,12,16-17,20-39,41-44H2,1-11H3,(H,68,76)/b15-13+,18-14+,46-19+,50-40+/t45-,47-,48-,49-,51-,52+,53+,54+,55-,56-,57+,58+,59-,61-,62+,67-/m1/s1. The number of cyclic esters (lactones) is 1. The summed E-state index contributed by atoms with van der Waals surface area (Å²) in [6.07, 6.45) is 10.3. The van der Waals surface area contributed by atoms with Gasteiger partial charge in [0.15, 0.2) is 5.78 Å². The molecule has 2 bridgehead atoms. The van der Waals surface area contributed by atoms with Crippen LogP contribution >= 0.6 is 0 Å². The Labute approximate surface area is 530 Å². The van der Waals surface area contributed by atoms with Crippen LogP contribution in [-0.2, 0) is 76.0 Å². The summed E-state index contributed by atoms with van der Waals surface area (Å²) in [5, 5.41) is 38.5. The molecule has 3 heterocycles. The van der Waals surface area contributed by atoms with Crippen molar-refractivity contribution in [2.75, 3.05) is 114 Å². The molecule has 510 valence electrons. The summed E-state index contributed by atoms with van der Waals surface area (Å²) in [7, 11) is 4.53. The topological polar surface area (TPSA) is 272 Å². The van der Waals surface area contributed by atoms with Crippen LogP contribution < -0.4 is 5.32 Å². The van der Waals surface area contributed by atoms with Gasteiger partial charge in [-0.1, -0.05) is 78.0 Å². The third-order valence-corrected chi connectivity index (χ3v) is 17.6. The molecule has 4 aliphatic rings. The molecular formula is C67H112N2O20. The number of hydrogen-bond acceptors (Lipinski definition) is 20. The maximum absolute atomic E-state index is 14.7. The summed E-state index contributed by atoms with van der Waals surface area (Å²) >= 11 is 0. The molecule has 22 heteroatoms. The monoisotopic (exact) mass is 1260 g/mol. The number of aliphatic hydroxyl groups excluding tert-OH is 2. The number of ketones is 2. The van der Waals surface area contributed by atoms with E-state index in [-0.39, 0.29) is 56.1 Å². The summed E-state index contributed by atoms with van der Waals surface area (Å²) in [4.78, 5) is 71.6. The van der Waals surface area contributed by atoms with E-state index in [0.717, 1.165) is 18.6 Å². The van der Waals surface area contributed by atoms with Crippen LogP contribution in [0.15, 0.2) is 47.6 Å². The lowest BCUT2D eigenvalue weighted by molar-refractivity contribution is -0.265. The number of allylic oxidation sites excluding steroid dienone is 5. The third-order valence-electron chi connectivity index (χ3n) is 17.6. The van der Waals surface area contributed by atoms with E-state index >= 15 is 0 Å². The molecule has 0 aromatic carbocycles. The van der Waals surface area contributed by atoms with Crippen molar-refractivity contribution in [1.29, 1.82) is 0 Å². The van der Waals surface area contributed by atoms with Crippen LogP contribution in [0.2, 0.25) is 0 Å². The Morgan fingerprint density at radius 2 is 1.35 bits per heavy atom. The minimum Gasteiger partial charge on any atom is -0.460 e. The number of carbonyl (C=O) groups excluding carboxylic acids is 5. The second kappa shape index (κ2) is 42.3. The van der Waals surface area contributed by atoms with Gasteiger partial charge in [0.1, 0.15) is 30.5 Å². The lowest BCUT2D eigenvalue weighted by atomic mass is 9.78. The maximum atomic E-state index is 14.7. The number of piperidine rings is 1. The highest BCUT2D eigenvalue weighted by Gasteiger charge is 2.53. The Morgan fingerprint density at radius 3 is 1.96 bits per heavy atom. The van der Waals surface area contributed by atoms with E-state index in [0.29, 0.717) is 136 Å². The number of nitrogens with one attached hydrogen (secondary N) is 1. The molecule has 2 saturated heterocycles. The summed E-state index contributed by atoms with van der Waals surface area (Å²) < 4.78 is 69.0. The van der Waals surface area contributed by atoms with Crippen LogP contribution in [0, 0.1) is 35.5 Å². The molecule has 0 aromatic rings. The predicted molar refractivity (Wildman–Crippen MR) is 334 cm³/mol. The number of alkyl carbamates (subject to hydrolysis) is 1. The Bertz CT molecular complexity index is 2210. The van der Waals surface area contributed by atoms with Gasteiger partial charge in [-0.05, 0) is 113 Å². The average molecular weight is 1270 g/mol. The largest absolute Gasteiger partial charge is 0.460 e. The van der Waals surface area contributed by atoms with Crippen molar-refractivity contribution < 1.29 is 96.1 Å². The van der Waals surface area contributed by atoms with Crippen molar-refractivity contribution >= 4 is 29.5 Å². The highest BCUT2D eigenvalue weighted by molar-refractivity contribution is 6.39. The second-order valence-electron chi connectivity index (χ2n) is 24.8. The minimum atomic E-state index is -2.46. The number of carbonyl (C=O) groups is 5. The van der Waals surface area contributed by atoms with E-state index in [9.17, 15) is 39.3 Å². The first-order valence-corrected chi connectivity index (χ1v) is 32.7. The molecule has 3 aliphatic heterocycles. The molecule has 1 saturated carbocycles. The normalized spacial score (nSPS) is 33.4. The average Bonchev–Trinajstić information content (AvgIpc) is 1.14. The first kappa shape index (κ1) is 77.4. The van der Waals surface area contributed by atoms with Crippen LogP contribution in [0.25, 0.3) is 0 Å². The number of Topliss-reactive ketones (excluding diaryl/α,β-unsaturated/α-hetero) is 2. The van der Waals surface area contributed by atoms with Gasteiger partial charge in [0.2, 0.25) is 5.79 Å². The lowest BCUT2D eigenvalue weighted by Gasteiger charge is -2.43. The molecule has 0 spiro atoms. The molecule has 0 radical (unpaired) electrons. The summed E-state index contributed by atoms with van der Waals surface area (Å²) in [5.74, 6) is -7.77. The van der Waals surface area contributed by atoms with Gasteiger partial charge in [-0.15, -0.1) is 0 Å². The first-order valence-electron chi connectivity index (χ1n) is 32.7. The van der Waals surface area contributed by atoms with Gasteiger partial charge < -0.3 is 82.4 Å². The fourth-order valence-electron chi connectivity index (χ4n) is 12.1. The molecule has 16 atom stereocenters. The van der Waals surface area contributed by atoms with Gasteiger partial charge in [-0.2, -0.15) is 0 Å². The Balaban J connectivity index is 1.41. The lowest BCUT2D eigenvalue weighted by Crippen LogP contribution is -2.61. The van der Waals surface area contributed by atoms with Gasteiger partial charge >= 0.3 is 12.1 Å². The minimum absolute atomic E-state index is 0.00426. The molecule has 2 amide bonds. The van der Waals surface area contributed by atoms with Crippen molar-refractivity contribution in [1.82, 2.24) is 10.2 Å². The van der Waals surface area contributed by atoms with Crippen LogP contribution in [-0.4, -0.2) is 224 Å². The van der Waals surface area contributed by atoms with Gasteiger partial charge in [-0.25, -0.2) is 9.59 Å². The number of nitrogens with zero attached hydrogens (tertiary/aromatic N) is 1. The highest BCUT2D eigenvalue weighted by atomic mass is 16.6. The molecule has 4 N–H and O–H groups in total. The number of rotatable bonds is 27. The number of amides is 2. The van der Waals surface area contributed by atoms with Crippen molar-refractivity contribution in [3.63, 3.8) is 0 Å². The number of ether oxygens (including phenoxy) is 12. The molecule has 89 heavy (non-hydrogen) atoms. The van der Waals surface area contributed by atoms with Gasteiger partial charge in [0.25, 0.3) is 11.7 Å². The van der Waals surface area contributed by atoms with Gasteiger partial charge in [-0.3, -0.25) is 14.4 Å². The van der Waals surface area contributed by atoms with Crippen molar-refractivity contribution in [2.45, 2.75) is 200 Å². The van der Waals surface area contributed by atoms with Crippen molar-refractivity contribution in [3.8, 4) is 0 Å². The number of esters is 1. The van der Waals surface area contributed by atoms with E-state index in [1.807, 2.05) is 58.1 Å². The highest BCUT2D eigenvalue weighted by Crippen LogP contribution is 2.38. The van der Waals surface area contributed by atoms with Crippen LogP contribution in [0.3, 0.4) is 0 Å². The van der Waals surface area contributed by atoms with E-state index in [1.54, 1.807) is 41.1 Å². The number of aliphatic hydroxyl groups is 3. The molecule has 0 unspecified atom stereocenters. The van der Waals surface area contributed by atoms with Crippen LogP contribution in [0.1, 0.15) is 139 Å². The Hall–Kier alpha value is -4.01. The molecule has 3 fully saturated rings. The first-order chi connectivity index (χ1) is 42.7. The van der Waals surface area contributed by atoms with Crippen molar-refractivity contribution in [2.24, 2.45) is 35.5 Å². The van der Waals surface area contributed by atoms with Gasteiger partial charge in [0.05, 0.1) is 97.1 Å². The summed E-state index contributed by atoms with van der Waals surface area (Å²) in [6.45, 7) is 20.7. The smallest absolute Gasteiger partial charge is 0.407 e.